The Hall–Kier alpha value is -3.23. The zero-order valence-corrected chi connectivity index (χ0v) is 66.6. The summed E-state index contributed by atoms with van der Waals surface area (Å²) in [5.41, 5.74) is 13.7. The second kappa shape index (κ2) is 74.2. The lowest BCUT2D eigenvalue weighted by molar-refractivity contribution is -0.117. The monoisotopic (exact) mass is 1280 g/mol. The van der Waals surface area contributed by atoms with Crippen molar-refractivity contribution in [2.24, 2.45) is 39.9 Å². The van der Waals surface area contributed by atoms with Crippen LogP contribution >= 0.6 is 0 Å². The van der Waals surface area contributed by atoms with E-state index in [2.05, 4.69) is 231 Å². The molecule has 0 bridgehead atoms. The average molecular weight is 1280 g/mol. The molecule has 0 saturated heterocycles. The number of aliphatic hydroxyl groups excluding tert-OH is 3. The van der Waals surface area contributed by atoms with Gasteiger partial charge in [-0.25, -0.2) is 0 Å². The topological polar surface area (TPSA) is 77.8 Å². The van der Waals surface area contributed by atoms with E-state index in [9.17, 15) is 4.79 Å². The molecular weight excluding hydrogens is 1110 g/mol. The number of aliphatic hydroxyl groups is 3. The van der Waals surface area contributed by atoms with E-state index in [-0.39, 0.29) is 30.3 Å². The molecule has 0 amide bonds. The summed E-state index contributed by atoms with van der Waals surface area (Å²) in [4.78, 5) is 10.6. The van der Waals surface area contributed by atoms with Gasteiger partial charge >= 0.3 is 0 Å². The number of ketones is 1. The van der Waals surface area contributed by atoms with Crippen molar-refractivity contribution in [3.63, 3.8) is 0 Å². The molecule has 0 aromatic heterocycles. The Kier molecular flexibility index (Phi) is 89.1. The fourth-order valence-corrected chi connectivity index (χ4v) is 8.13. The van der Waals surface area contributed by atoms with Crippen LogP contribution in [-0.2, 0) is 4.79 Å². The van der Waals surface area contributed by atoms with E-state index in [1.165, 1.54) is 139 Å². The second-order valence-electron chi connectivity index (χ2n) is 29.8. The molecule has 542 valence electrons. The van der Waals surface area contributed by atoms with Gasteiger partial charge in [0.2, 0.25) is 0 Å². The number of hydrogen-bond acceptors (Lipinski definition) is 4. The SMILES string of the molecule is C.C#CC.C=C(C)CC/C=C(\C)CCC.C=C(C)CCC(C)=C(C)C.C=C(C)CCC(C)C(C)C.C=C(C)CCCC(C)(C)CO.C=C(C)CCCC(C)(CC)CO.C=C(C)CCCC(C)(CC)CO.C=C(C)CCCC(C)CC.CCCC(C)CCCC(C)=O. The third-order valence-corrected chi connectivity index (χ3v) is 16.8. The summed E-state index contributed by atoms with van der Waals surface area (Å²) < 4.78 is 0. The van der Waals surface area contributed by atoms with Gasteiger partial charge in [-0.05, 0) is 265 Å². The Labute approximate surface area is 577 Å². The molecule has 0 rings (SSSR count). The Bertz CT molecular complexity index is 1810. The van der Waals surface area contributed by atoms with E-state index in [1.54, 1.807) is 13.8 Å². The van der Waals surface area contributed by atoms with Gasteiger partial charge in [0, 0.05) is 26.2 Å². The van der Waals surface area contributed by atoms with Gasteiger partial charge < -0.3 is 20.1 Å². The molecule has 0 aliphatic rings. The van der Waals surface area contributed by atoms with Crippen LogP contribution in [0.4, 0.5) is 0 Å². The lowest BCUT2D eigenvalue weighted by Gasteiger charge is -2.25. The van der Waals surface area contributed by atoms with Gasteiger partial charge in [0.25, 0.3) is 0 Å². The third kappa shape index (κ3) is 106. The van der Waals surface area contributed by atoms with E-state index >= 15 is 0 Å². The summed E-state index contributed by atoms with van der Waals surface area (Å²) in [6.07, 6.45) is 39.5. The maximum Gasteiger partial charge on any atom is 0.129 e. The lowest BCUT2D eigenvalue weighted by Crippen LogP contribution is -2.19. The van der Waals surface area contributed by atoms with Gasteiger partial charge in [-0.2, -0.15) is 0 Å². The average Bonchev–Trinajstić information content (AvgIpc) is 3.51. The van der Waals surface area contributed by atoms with Crippen LogP contribution in [0.3, 0.4) is 0 Å². The molecule has 0 aliphatic heterocycles. The summed E-state index contributed by atoms with van der Waals surface area (Å²) in [6, 6.07) is 0. The van der Waals surface area contributed by atoms with Crippen molar-refractivity contribution in [1.29, 1.82) is 0 Å². The minimum atomic E-state index is 0. The largest absolute Gasteiger partial charge is 0.396 e. The standard InChI is InChI=1S/2C11H22O.C11H20.2C10H20O.C10H20.C10H18.C10H20.C3H4.CH4/c2*1-5-11(4,9-12)8-6-7-10(2)3;1-5-7-11(4)9-6-8-10(2)3;1-9(2)6-5-7-10(3,4)8-11;1-4-6-9(2)7-5-8-10(3)11;2*1-8(2)6-7-10(5)9(3)4;1-5-10(4)8-6-7-9(2)3;1-3-2;/h2*12H,2,5-9H2,1,3-4H3;9H,2,5-8H2,1,3-4H3;11H,1,5-8H2,2-4H3;9H,4-8H2,1-3H3;9-10H,1,6-7H2,2-5H3;1,6-7H2,2-5H3;10H,2,5-8H2,1,3-4H3;1H,2H3;1H4/b;;11-9+;;;;;;;. The molecular formula is C87H170O4. The van der Waals surface area contributed by atoms with Crippen molar-refractivity contribution in [2.75, 3.05) is 19.8 Å². The zero-order chi connectivity index (χ0) is 72.5. The van der Waals surface area contributed by atoms with E-state index in [0.717, 1.165) is 120 Å². The number of allylic oxidation sites excluding steroid dienone is 11. The predicted octanol–water partition coefficient (Wildman–Crippen LogP) is 28.7. The van der Waals surface area contributed by atoms with Gasteiger partial charge in [-0.15, -0.1) is 58.4 Å². The first-order chi connectivity index (χ1) is 41.5. The molecule has 4 nitrogen and oxygen atoms in total. The number of terminal acetylenes is 1. The summed E-state index contributed by atoms with van der Waals surface area (Å²) in [5, 5.41) is 27.2. The van der Waals surface area contributed by atoms with Gasteiger partial charge in [0.1, 0.15) is 5.78 Å². The van der Waals surface area contributed by atoms with Crippen LogP contribution in [-0.4, -0.2) is 40.9 Å². The molecule has 5 atom stereocenters. The van der Waals surface area contributed by atoms with Gasteiger partial charge in [0.05, 0.1) is 0 Å². The van der Waals surface area contributed by atoms with E-state index in [1.807, 2.05) is 6.92 Å². The molecule has 4 heteroatoms. The quantitative estimate of drug-likeness (QED) is 0.0422. The van der Waals surface area contributed by atoms with Gasteiger partial charge in [-0.3, -0.25) is 0 Å². The molecule has 91 heavy (non-hydrogen) atoms. The number of Topliss-reactive ketones (excluding diaryl/α,β-unsaturated/α-hetero) is 1. The van der Waals surface area contributed by atoms with Crippen molar-refractivity contribution in [1.82, 2.24) is 0 Å². The maximum absolute atomic E-state index is 10.6. The van der Waals surface area contributed by atoms with Crippen LogP contribution in [0.5, 0.6) is 0 Å². The molecule has 0 aromatic carbocycles. The van der Waals surface area contributed by atoms with Crippen LogP contribution in [0, 0.1) is 52.3 Å². The van der Waals surface area contributed by atoms with Gasteiger partial charge in [-0.1, -0.05) is 205 Å². The third-order valence-electron chi connectivity index (χ3n) is 16.8. The second-order valence-corrected chi connectivity index (χ2v) is 29.8. The molecule has 0 aliphatic carbocycles. The number of hydrogen-bond donors (Lipinski definition) is 3. The van der Waals surface area contributed by atoms with Crippen LogP contribution in [0.2, 0.25) is 0 Å². The van der Waals surface area contributed by atoms with Crippen LogP contribution in [0.15, 0.2) is 108 Å². The lowest BCUT2D eigenvalue weighted by atomic mass is 9.83. The number of carbonyl (C=O) groups excluding carboxylic acids is 1. The molecule has 0 radical (unpaired) electrons. The van der Waals surface area contributed by atoms with Crippen LogP contribution in [0.25, 0.3) is 0 Å². The predicted molar refractivity (Wildman–Crippen MR) is 425 cm³/mol. The molecule has 3 N–H and O–H groups in total. The van der Waals surface area contributed by atoms with E-state index < -0.39 is 0 Å². The van der Waals surface area contributed by atoms with Crippen molar-refractivity contribution >= 4 is 5.78 Å². The fraction of sp³-hybridized carbons (Fsp3) is 0.759. The molecule has 0 saturated carbocycles. The molecule has 5 unspecified atom stereocenters. The summed E-state index contributed by atoms with van der Waals surface area (Å²) in [5.74, 6) is 5.95. The Morgan fingerprint density at radius 1 is 0.462 bits per heavy atom. The normalized spacial score (nSPS) is 12.6. The minimum Gasteiger partial charge on any atom is -0.396 e. The van der Waals surface area contributed by atoms with Crippen molar-refractivity contribution < 1.29 is 20.1 Å². The highest BCUT2D eigenvalue weighted by atomic mass is 16.3. The highest BCUT2D eigenvalue weighted by Crippen LogP contribution is 2.29. The smallest absolute Gasteiger partial charge is 0.129 e. The number of carbonyl (C=O) groups is 1. The summed E-state index contributed by atoms with van der Waals surface area (Å²) in [7, 11) is 0. The number of rotatable bonds is 40. The summed E-state index contributed by atoms with van der Waals surface area (Å²) >= 11 is 0. The minimum absolute atomic E-state index is 0. The highest BCUT2D eigenvalue weighted by molar-refractivity contribution is 5.75. The summed E-state index contributed by atoms with van der Waals surface area (Å²) in [6.45, 7) is 85.4. The molecule has 0 aromatic rings. The first-order valence-corrected chi connectivity index (χ1v) is 36.0. The van der Waals surface area contributed by atoms with E-state index in [0.29, 0.717) is 19.0 Å². The van der Waals surface area contributed by atoms with Crippen LogP contribution < -0.4 is 0 Å². The van der Waals surface area contributed by atoms with Crippen molar-refractivity contribution in [3.05, 3.63) is 108 Å². The first-order valence-electron chi connectivity index (χ1n) is 36.0. The van der Waals surface area contributed by atoms with Crippen molar-refractivity contribution in [3.8, 4) is 12.3 Å². The highest BCUT2D eigenvalue weighted by Gasteiger charge is 2.21. The van der Waals surface area contributed by atoms with Crippen molar-refractivity contribution in [2.45, 2.75) is 374 Å². The van der Waals surface area contributed by atoms with Crippen LogP contribution in [0.1, 0.15) is 374 Å². The molecule has 0 heterocycles. The Morgan fingerprint density at radius 2 is 0.824 bits per heavy atom. The van der Waals surface area contributed by atoms with Gasteiger partial charge in [0.15, 0.2) is 0 Å². The first kappa shape index (κ1) is 109. The Morgan fingerprint density at radius 3 is 1.12 bits per heavy atom. The maximum atomic E-state index is 10.6. The van der Waals surface area contributed by atoms with E-state index in [4.69, 9.17) is 15.3 Å². The Balaban J connectivity index is -0.000000102. The molecule has 0 fully saturated rings. The molecule has 0 spiro atoms. The zero-order valence-electron chi connectivity index (χ0n) is 66.6. The fourth-order valence-electron chi connectivity index (χ4n) is 8.13.